The van der Waals surface area contributed by atoms with Crippen LogP contribution in [0.5, 0.6) is 11.5 Å². The highest BCUT2D eigenvalue weighted by Gasteiger charge is 2.13. The second kappa shape index (κ2) is 10.2. The minimum absolute atomic E-state index is 0.115. The molecule has 0 aliphatic heterocycles. The Morgan fingerprint density at radius 1 is 1.07 bits per heavy atom. The van der Waals surface area contributed by atoms with E-state index in [1.165, 1.54) is 18.4 Å². The largest absolute Gasteiger partial charge is 0.493 e. The number of hydrogen-bond acceptors (Lipinski definition) is 6. The Kier molecular flexibility index (Phi) is 7.18. The van der Waals surface area contributed by atoms with Crippen LogP contribution >= 0.6 is 11.3 Å². The lowest BCUT2D eigenvalue weighted by molar-refractivity contribution is -0.120. The molecule has 8 heteroatoms. The minimum Gasteiger partial charge on any atom is -0.493 e. The first-order chi connectivity index (χ1) is 14.2. The Bertz CT molecular complexity index is 946. The zero-order valence-electron chi connectivity index (χ0n) is 15.9. The molecule has 2 N–H and O–H groups in total. The average Bonchev–Trinajstić information content (AvgIpc) is 3.29. The first kappa shape index (κ1) is 20.3. The molecule has 1 aromatic heterocycles. The minimum atomic E-state index is -0.371. The van der Waals surface area contributed by atoms with Crippen LogP contribution in [0.1, 0.15) is 21.6 Å². The number of amides is 2. The van der Waals surface area contributed by atoms with Gasteiger partial charge in [-0.05, 0) is 23.8 Å². The molecule has 0 aliphatic carbocycles. The van der Waals surface area contributed by atoms with Crippen LogP contribution < -0.4 is 20.1 Å². The average molecular weight is 411 g/mol. The molecule has 0 unspecified atom stereocenters. The summed E-state index contributed by atoms with van der Waals surface area (Å²) in [6.45, 7) is 0.609. The number of methoxy groups -OCH3 is 1. The van der Waals surface area contributed by atoms with Gasteiger partial charge in [-0.3, -0.25) is 9.59 Å². The van der Waals surface area contributed by atoms with Gasteiger partial charge in [0.25, 0.3) is 5.91 Å². The number of hydrogen-bond donors (Lipinski definition) is 2. The second-order valence-electron chi connectivity index (χ2n) is 6.08. The SMILES string of the molecule is COc1cc(C(=O)NCC(=O)NCc2ccccc2)ccc1OCc1cscn1. The number of ether oxygens (including phenoxy) is 2. The molecule has 0 bridgehead atoms. The molecule has 0 fully saturated rings. The third-order valence-corrected chi connectivity index (χ3v) is 4.66. The molecule has 0 spiro atoms. The summed E-state index contributed by atoms with van der Waals surface area (Å²) < 4.78 is 11.0. The molecule has 3 aromatic rings. The zero-order chi connectivity index (χ0) is 20.5. The highest BCUT2D eigenvalue weighted by molar-refractivity contribution is 7.07. The fourth-order valence-corrected chi connectivity index (χ4v) is 3.05. The fourth-order valence-electron chi connectivity index (χ4n) is 2.51. The van der Waals surface area contributed by atoms with Gasteiger partial charge in [0.1, 0.15) is 6.61 Å². The molecule has 0 saturated heterocycles. The molecule has 1 heterocycles. The Morgan fingerprint density at radius 3 is 2.62 bits per heavy atom. The second-order valence-corrected chi connectivity index (χ2v) is 6.80. The van der Waals surface area contributed by atoms with Crippen molar-refractivity contribution in [3.63, 3.8) is 0 Å². The van der Waals surface area contributed by atoms with Gasteiger partial charge in [-0.25, -0.2) is 4.98 Å². The maximum atomic E-state index is 12.4. The van der Waals surface area contributed by atoms with E-state index in [2.05, 4.69) is 15.6 Å². The smallest absolute Gasteiger partial charge is 0.251 e. The maximum Gasteiger partial charge on any atom is 0.251 e. The van der Waals surface area contributed by atoms with E-state index in [1.54, 1.807) is 23.7 Å². The van der Waals surface area contributed by atoms with Crippen molar-refractivity contribution in [1.29, 1.82) is 0 Å². The molecular formula is C21H21N3O4S. The molecule has 29 heavy (non-hydrogen) atoms. The quantitative estimate of drug-likeness (QED) is 0.565. The standard InChI is InChI=1S/C21H21N3O4S/c1-27-19-9-16(7-8-18(19)28-12-17-13-29-14-24-17)21(26)23-11-20(25)22-10-15-5-3-2-4-6-15/h2-9,13-14H,10-12H2,1H3,(H,22,25)(H,23,26). The van der Waals surface area contributed by atoms with Crippen molar-refractivity contribution in [3.8, 4) is 11.5 Å². The van der Waals surface area contributed by atoms with Gasteiger partial charge < -0.3 is 20.1 Å². The highest BCUT2D eigenvalue weighted by Crippen LogP contribution is 2.28. The number of thiazole rings is 1. The van der Waals surface area contributed by atoms with Gasteiger partial charge in [-0.1, -0.05) is 30.3 Å². The summed E-state index contributed by atoms with van der Waals surface area (Å²) >= 11 is 1.49. The number of benzene rings is 2. The maximum absolute atomic E-state index is 12.4. The van der Waals surface area contributed by atoms with E-state index in [0.717, 1.165) is 11.3 Å². The van der Waals surface area contributed by atoms with Crippen molar-refractivity contribution < 1.29 is 19.1 Å². The monoisotopic (exact) mass is 411 g/mol. The Morgan fingerprint density at radius 2 is 1.90 bits per heavy atom. The van der Waals surface area contributed by atoms with E-state index in [1.807, 2.05) is 35.7 Å². The molecule has 3 rings (SSSR count). The van der Waals surface area contributed by atoms with E-state index >= 15 is 0 Å². The Hall–Kier alpha value is -3.39. The lowest BCUT2D eigenvalue weighted by Crippen LogP contribution is -2.36. The van der Waals surface area contributed by atoms with Gasteiger partial charge >= 0.3 is 0 Å². The summed E-state index contributed by atoms with van der Waals surface area (Å²) in [6.07, 6.45) is 0. The van der Waals surface area contributed by atoms with Crippen LogP contribution in [0.25, 0.3) is 0 Å². The Labute approximate surface area is 172 Å². The van der Waals surface area contributed by atoms with Crippen molar-refractivity contribution >= 4 is 23.2 Å². The molecule has 2 aromatic carbocycles. The van der Waals surface area contributed by atoms with Gasteiger partial charge in [-0.15, -0.1) is 11.3 Å². The Balaban J connectivity index is 1.51. The summed E-state index contributed by atoms with van der Waals surface area (Å²) in [7, 11) is 1.50. The van der Waals surface area contributed by atoms with E-state index in [-0.39, 0.29) is 18.4 Å². The van der Waals surface area contributed by atoms with Crippen LogP contribution in [0.4, 0.5) is 0 Å². The van der Waals surface area contributed by atoms with Crippen molar-refractivity contribution in [2.75, 3.05) is 13.7 Å². The van der Waals surface area contributed by atoms with Gasteiger partial charge in [-0.2, -0.15) is 0 Å². The summed E-state index contributed by atoms with van der Waals surface area (Å²) in [5.41, 5.74) is 3.92. The topological polar surface area (TPSA) is 89.5 Å². The van der Waals surface area contributed by atoms with E-state index in [0.29, 0.717) is 30.2 Å². The third-order valence-electron chi connectivity index (χ3n) is 4.03. The van der Waals surface area contributed by atoms with E-state index in [9.17, 15) is 9.59 Å². The number of nitrogens with one attached hydrogen (secondary N) is 2. The number of nitrogens with zero attached hydrogens (tertiary/aromatic N) is 1. The zero-order valence-corrected chi connectivity index (χ0v) is 16.7. The van der Waals surface area contributed by atoms with E-state index < -0.39 is 0 Å². The lowest BCUT2D eigenvalue weighted by Gasteiger charge is -2.12. The molecule has 0 saturated carbocycles. The van der Waals surface area contributed by atoms with Crippen LogP contribution in [0.3, 0.4) is 0 Å². The molecule has 7 nitrogen and oxygen atoms in total. The first-order valence-electron chi connectivity index (χ1n) is 8.92. The predicted octanol–water partition coefficient (Wildman–Crippen LogP) is 2.78. The summed E-state index contributed by atoms with van der Waals surface area (Å²) in [5.74, 6) is 0.306. The molecule has 0 aliphatic rings. The third kappa shape index (κ3) is 6.05. The van der Waals surface area contributed by atoms with Crippen molar-refractivity contribution in [2.45, 2.75) is 13.2 Å². The summed E-state index contributed by atoms with van der Waals surface area (Å²) in [4.78, 5) is 28.5. The first-order valence-corrected chi connectivity index (χ1v) is 9.86. The van der Waals surface area contributed by atoms with Crippen molar-refractivity contribution in [2.24, 2.45) is 0 Å². The van der Waals surface area contributed by atoms with Gasteiger partial charge in [0, 0.05) is 17.5 Å². The highest BCUT2D eigenvalue weighted by atomic mass is 32.1. The number of aromatic nitrogens is 1. The van der Waals surface area contributed by atoms with Crippen LogP contribution in [0.2, 0.25) is 0 Å². The molecular weight excluding hydrogens is 390 g/mol. The van der Waals surface area contributed by atoms with E-state index in [4.69, 9.17) is 9.47 Å². The number of carbonyl (C=O) groups is 2. The van der Waals surface area contributed by atoms with Crippen LogP contribution in [-0.2, 0) is 17.9 Å². The van der Waals surface area contributed by atoms with Crippen LogP contribution in [0, 0.1) is 0 Å². The van der Waals surface area contributed by atoms with Crippen molar-refractivity contribution in [3.05, 3.63) is 76.2 Å². The number of carbonyl (C=O) groups excluding carboxylic acids is 2. The number of rotatable bonds is 9. The summed E-state index contributed by atoms with van der Waals surface area (Å²) in [5, 5.41) is 7.27. The lowest BCUT2D eigenvalue weighted by atomic mass is 10.2. The van der Waals surface area contributed by atoms with Gasteiger partial charge in [0.2, 0.25) is 5.91 Å². The normalized spacial score (nSPS) is 10.2. The fraction of sp³-hybridized carbons (Fsp3) is 0.190. The molecule has 0 atom stereocenters. The molecule has 0 radical (unpaired) electrons. The predicted molar refractivity (Wildman–Crippen MR) is 110 cm³/mol. The summed E-state index contributed by atoms with van der Waals surface area (Å²) in [6, 6.07) is 14.4. The van der Waals surface area contributed by atoms with Gasteiger partial charge in [0.15, 0.2) is 11.5 Å². The molecule has 150 valence electrons. The van der Waals surface area contributed by atoms with Gasteiger partial charge in [0.05, 0.1) is 24.9 Å². The van der Waals surface area contributed by atoms with Crippen molar-refractivity contribution in [1.82, 2.24) is 15.6 Å². The van der Waals surface area contributed by atoms with Crippen LogP contribution in [0.15, 0.2) is 59.4 Å². The molecule has 2 amide bonds. The van der Waals surface area contributed by atoms with Crippen LogP contribution in [-0.4, -0.2) is 30.5 Å².